The molecule has 1 aliphatic heterocycles. The highest BCUT2D eigenvalue weighted by Crippen LogP contribution is 2.43. The van der Waals surface area contributed by atoms with Crippen molar-refractivity contribution in [2.45, 2.75) is 72.0 Å². The second-order valence-corrected chi connectivity index (χ2v) is 10.5. The minimum atomic E-state index is -1.10. The Hall–Kier alpha value is -2.87. The number of hydrogen-bond acceptors (Lipinski definition) is 6. The Bertz CT molecular complexity index is 1070. The fourth-order valence-electron chi connectivity index (χ4n) is 4.67. The fraction of sp³-hybridized carbons (Fsp3) is 0.577. The van der Waals surface area contributed by atoms with Crippen LogP contribution in [0.3, 0.4) is 0 Å². The molecule has 0 amide bonds. The first kappa shape index (κ1) is 25.7. The summed E-state index contributed by atoms with van der Waals surface area (Å²) in [5, 5.41) is 13.8. The summed E-state index contributed by atoms with van der Waals surface area (Å²) in [6.07, 6.45) is 6.76. The van der Waals surface area contributed by atoms with E-state index >= 15 is 0 Å². The van der Waals surface area contributed by atoms with E-state index in [1.807, 2.05) is 33.8 Å². The Labute approximate surface area is 201 Å². The average molecular weight is 472 g/mol. The molecule has 3 rings (SSSR count). The number of carboxylic acids is 1. The maximum absolute atomic E-state index is 13.0. The SMILES string of the molecule is C=CCCC1(C)CCN(c2c([C@H](OC(C)(C)C)C(=O)OC)c(C)cn3nc(C(=O)O)cc23)CC1. The number of esters is 1. The molecule has 1 fully saturated rings. The van der Waals surface area contributed by atoms with Gasteiger partial charge in [0, 0.05) is 30.9 Å². The minimum absolute atomic E-state index is 0.0445. The molecule has 1 atom stereocenters. The Morgan fingerprint density at radius 1 is 1.32 bits per heavy atom. The van der Waals surface area contributed by atoms with Crippen LogP contribution in [-0.4, -0.2) is 52.5 Å². The summed E-state index contributed by atoms with van der Waals surface area (Å²) in [6.45, 7) is 15.3. The van der Waals surface area contributed by atoms with Crippen LogP contribution in [-0.2, 0) is 14.3 Å². The Balaban J connectivity index is 2.17. The van der Waals surface area contributed by atoms with E-state index in [0.717, 1.165) is 50.0 Å². The molecular weight excluding hydrogens is 434 g/mol. The molecule has 1 N–H and O–H groups in total. The number of methoxy groups -OCH3 is 1. The number of allylic oxidation sites excluding steroid dienone is 1. The molecule has 2 aromatic rings. The normalized spacial score (nSPS) is 16.9. The Morgan fingerprint density at radius 3 is 2.50 bits per heavy atom. The zero-order valence-corrected chi connectivity index (χ0v) is 21.2. The van der Waals surface area contributed by atoms with Crippen molar-refractivity contribution in [3.05, 3.63) is 41.7 Å². The summed E-state index contributed by atoms with van der Waals surface area (Å²) in [5.74, 6) is -1.59. The van der Waals surface area contributed by atoms with E-state index in [2.05, 4.69) is 23.5 Å². The van der Waals surface area contributed by atoms with Crippen LogP contribution < -0.4 is 4.90 Å². The number of rotatable bonds is 8. The highest BCUT2D eigenvalue weighted by Gasteiger charge is 2.37. The third kappa shape index (κ3) is 5.43. The van der Waals surface area contributed by atoms with Crippen molar-refractivity contribution in [3.63, 3.8) is 0 Å². The summed E-state index contributed by atoms with van der Waals surface area (Å²) < 4.78 is 13.0. The highest BCUT2D eigenvalue weighted by molar-refractivity contribution is 5.91. The number of nitrogens with zero attached hydrogens (tertiary/aromatic N) is 3. The van der Waals surface area contributed by atoms with E-state index in [4.69, 9.17) is 9.47 Å². The van der Waals surface area contributed by atoms with Crippen molar-refractivity contribution in [2.24, 2.45) is 5.41 Å². The number of anilines is 1. The van der Waals surface area contributed by atoms with Crippen LogP contribution in [0.15, 0.2) is 24.9 Å². The van der Waals surface area contributed by atoms with Crippen molar-refractivity contribution >= 4 is 23.1 Å². The van der Waals surface area contributed by atoms with Gasteiger partial charge in [0.05, 0.1) is 23.9 Å². The van der Waals surface area contributed by atoms with Crippen LogP contribution in [0.4, 0.5) is 5.69 Å². The van der Waals surface area contributed by atoms with Crippen LogP contribution in [0.1, 0.15) is 81.1 Å². The summed E-state index contributed by atoms with van der Waals surface area (Å²) in [6, 6.07) is 1.57. The number of aryl methyl sites for hydroxylation is 1. The smallest absolute Gasteiger partial charge is 0.356 e. The van der Waals surface area contributed by atoms with Gasteiger partial charge in [-0.2, -0.15) is 5.10 Å². The molecule has 8 nitrogen and oxygen atoms in total. The lowest BCUT2D eigenvalue weighted by Crippen LogP contribution is -2.40. The van der Waals surface area contributed by atoms with Gasteiger partial charge in [-0.15, -0.1) is 6.58 Å². The van der Waals surface area contributed by atoms with Crippen molar-refractivity contribution in [3.8, 4) is 0 Å². The summed E-state index contributed by atoms with van der Waals surface area (Å²) in [4.78, 5) is 26.9. The molecule has 3 heterocycles. The summed E-state index contributed by atoms with van der Waals surface area (Å²) in [5.41, 5.74) is 2.46. The maximum atomic E-state index is 13.0. The monoisotopic (exact) mass is 471 g/mol. The van der Waals surface area contributed by atoms with Crippen molar-refractivity contribution in [1.82, 2.24) is 9.61 Å². The van der Waals surface area contributed by atoms with Crippen molar-refractivity contribution < 1.29 is 24.2 Å². The number of pyridine rings is 1. The third-order valence-corrected chi connectivity index (χ3v) is 6.58. The lowest BCUT2D eigenvalue weighted by atomic mass is 9.76. The molecule has 0 radical (unpaired) electrons. The highest BCUT2D eigenvalue weighted by atomic mass is 16.6. The maximum Gasteiger partial charge on any atom is 0.356 e. The van der Waals surface area contributed by atoms with Crippen molar-refractivity contribution in [1.29, 1.82) is 0 Å². The van der Waals surface area contributed by atoms with Gasteiger partial charge in [-0.25, -0.2) is 14.1 Å². The molecule has 1 saturated heterocycles. The third-order valence-electron chi connectivity index (χ3n) is 6.58. The molecule has 0 spiro atoms. The number of aromatic nitrogens is 2. The van der Waals surface area contributed by atoms with E-state index in [-0.39, 0.29) is 11.1 Å². The molecular formula is C26H37N3O5. The van der Waals surface area contributed by atoms with Crippen molar-refractivity contribution in [2.75, 3.05) is 25.1 Å². The number of aromatic carboxylic acids is 1. The van der Waals surface area contributed by atoms with E-state index < -0.39 is 23.6 Å². The average Bonchev–Trinajstić information content (AvgIpc) is 3.19. The largest absolute Gasteiger partial charge is 0.476 e. The zero-order valence-electron chi connectivity index (χ0n) is 21.2. The van der Waals surface area contributed by atoms with Gasteiger partial charge in [-0.1, -0.05) is 13.0 Å². The molecule has 8 heteroatoms. The van der Waals surface area contributed by atoms with Gasteiger partial charge in [0.15, 0.2) is 11.8 Å². The Kier molecular flexibility index (Phi) is 7.41. The quantitative estimate of drug-likeness (QED) is 0.430. The first-order valence-electron chi connectivity index (χ1n) is 11.8. The topological polar surface area (TPSA) is 93.4 Å². The predicted octanol–water partition coefficient (Wildman–Crippen LogP) is 4.94. The molecule has 34 heavy (non-hydrogen) atoms. The number of carbonyl (C=O) groups excluding carboxylic acids is 1. The van der Waals surface area contributed by atoms with Crippen LogP contribution in [0.5, 0.6) is 0 Å². The molecule has 0 aromatic carbocycles. The standard InChI is InChI=1S/C26H37N3O5/c1-8-9-10-26(6)11-13-28(14-12-26)21-19-15-18(23(30)31)27-29(19)16-17(2)20(21)22(24(32)33-7)34-25(3,4)5/h8,15-16,22H,1,9-14H2,2-7H3,(H,30,31)/t22-/m0/s1. The lowest BCUT2D eigenvalue weighted by Gasteiger charge is -2.42. The number of fused-ring (bicyclic) bond motifs is 1. The lowest BCUT2D eigenvalue weighted by molar-refractivity contribution is -0.164. The molecule has 2 aromatic heterocycles. The molecule has 186 valence electrons. The van der Waals surface area contributed by atoms with Gasteiger partial charge in [0.25, 0.3) is 0 Å². The van der Waals surface area contributed by atoms with Crippen LogP contribution >= 0.6 is 0 Å². The first-order valence-corrected chi connectivity index (χ1v) is 11.8. The summed E-state index contributed by atoms with van der Waals surface area (Å²) >= 11 is 0. The second kappa shape index (κ2) is 9.78. The minimum Gasteiger partial charge on any atom is -0.476 e. The number of hydrogen-bond donors (Lipinski definition) is 1. The van der Waals surface area contributed by atoms with Crippen LogP contribution in [0.25, 0.3) is 5.52 Å². The number of piperidine rings is 1. The molecule has 0 aliphatic carbocycles. The van der Waals surface area contributed by atoms with Gasteiger partial charge >= 0.3 is 11.9 Å². The van der Waals surface area contributed by atoms with Gasteiger partial charge in [0.1, 0.15) is 0 Å². The molecule has 1 aliphatic rings. The molecule has 0 saturated carbocycles. The fourth-order valence-corrected chi connectivity index (χ4v) is 4.67. The van der Waals surface area contributed by atoms with Gasteiger partial charge in [0.2, 0.25) is 0 Å². The van der Waals surface area contributed by atoms with E-state index in [9.17, 15) is 14.7 Å². The summed E-state index contributed by atoms with van der Waals surface area (Å²) in [7, 11) is 1.35. The number of carbonyl (C=O) groups is 2. The zero-order chi connectivity index (χ0) is 25.3. The second-order valence-electron chi connectivity index (χ2n) is 10.5. The van der Waals surface area contributed by atoms with Crippen LogP contribution in [0.2, 0.25) is 0 Å². The van der Waals surface area contributed by atoms with Gasteiger partial charge in [-0.05, 0) is 64.4 Å². The van der Waals surface area contributed by atoms with Gasteiger partial charge < -0.3 is 19.5 Å². The molecule has 0 unspecified atom stereocenters. The first-order chi connectivity index (χ1) is 15.9. The number of carboxylic acid groups (broad SMARTS) is 1. The predicted molar refractivity (Wildman–Crippen MR) is 131 cm³/mol. The van der Waals surface area contributed by atoms with E-state index in [0.29, 0.717) is 11.1 Å². The molecule has 0 bridgehead atoms. The Morgan fingerprint density at radius 2 is 1.97 bits per heavy atom. The van der Waals surface area contributed by atoms with E-state index in [1.165, 1.54) is 7.11 Å². The van der Waals surface area contributed by atoms with Gasteiger partial charge in [-0.3, -0.25) is 0 Å². The van der Waals surface area contributed by atoms with Crippen LogP contribution in [0, 0.1) is 12.3 Å². The number of ether oxygens (including phenoxy) is 2. The van der Waals surface area contributed by atoms with E-state index in [1.54, 1.807) is 16.8 Å².